The number of ether oxygens (including phenoxy) is 1. The van der Waals surface area contributed by atoms with E-state index in [0.29, 0.717) is 13.0 Å². The molecule has 1 aromatic carbocycles. The average molecular weight is 340 g/mol. The maximum absolute atomic E-state index is 12.4. The van der Waals surface area contributed by atoms with Crippen LogP contribution in [0, 0.1) is 25.2 Å². The lowest BCUT2D eigenvalue weighted by atomic mass is 10.0. The van der Waals surface area contributed by atoms with Crippen molar-refractivity contribution in [2.24, 2.45) is 0 Å². The highest BCUT2D eigenvalue weighted by Gasteiger charge is 2.23. The van der Waals surface area contributed by atoms with Gasteiger partial charge in [0.2, 0.25) is 0 Å². The molecule has 0 aliphatic carbocycles. The summed E-state index contributed by atoms with van der Waals surface area (Å²) in [5.74, 6) is -0.273. The van der Waals surface area contributed by atoms with Gasteiger partial charge in [-0.15, -0.1) is 0 Å². The van der Waals surface area contributed by atoms with Crippen LogP contribution in [-0.4, -0.2) is 28.4 Å². The van der Waals surface area contributed by atoms with E-state index in [2.05, 4.69) is 16.5 Å². The number of hydrogen-bond donors (Lipinski definition) is 1. The predicted octanol–water partition coefficient (Wildman–Crippen LogP) is 3.00. The van der Waals surface area contributed by atoms with Crippen molar-refractivity contribution in [3.8, 4) is 6.07 Å². The second kappa shape index (κ2) is 8.88. The Kier molecular flexibility index (Phi) is 6.58. The third-order valence-electron chi connectivity index (χ3n) is 4.06. The zero-order chi connectivity index (χ0) is 18.2. The number of benzene rings is 1. The number of nitrogens with zero attached hydrogens (tertiary/aromatic N) is 3. The van der Waals surface area contributed by atoms with Gasteiger partial charge in [0.1, 0.15) is 12.6 Å². The summed E-state index contributed by atoms with van der Waals surface area (Å²) in [4.78, 5) is 12.4. The molecule has 0 aliphatic rings. The van der Waals surface area contributed by atoms with Crippen molar-refractivity contribution in [3.63, 3.8) is 0 Å². The van der Waals surface area contributed by atoms with Crippen molar-refractivity contribution < 1.29 is 9.53 Å². The lowest BCUT2D eigenvalue weighted by molar-refractivity contribution is -0.144. The molecule has 0 radical (unpaired) electrons. The summed E-state index contributed by atoms with van der Waals surface area (Å²) in [7, 11) is 0. The van der Waals surface area contributed by atoms with Crippen molar-refractivity contribution in [1.29, 1.82) is 5.26 Å². The Bertz CT molecular complexity index is 747. The summed E-state index contributed by atoms with van der Waals surface area (Å²) < 4.78 is 6.85. The van der Waals surface area contributed by atoms with Crippen molar-refractivity contribution in [1.82, 2.24) is 9.78 Å². The third kappa shape index (κ3) is 4.83. The van der Waals surface area contributed by atoms with Crippen LogP contribution in [-0.2, 0) is 22.5 Å². The number of anilines is 1. The monoisotopic (exact) mass is 340 g/mol. The first-order chi connectivity index (χ1) is 12.1. The Morgan fingerprint density at radius 2 is 2.08 bits per heavy atom. The molecular formula is C19H24N4O2. The fourth-order valence-corrected chi connectivity index (χ4v) is 2.75. The highest BCUT2D eigenvalue weighted by molar-refractivity contribution is 5.80. The van der Waals surface area contributed by atoms with E-state index in [4.69, 9.17) is 10.00 Å². The maximum atomic E-state index is 12.4. The Morgan fingerprint density at radius 1 is 1.36 bits per heavy atom. The van der Waals surface area contributed by atoms with Gasteiger partial charge in [0.15, 0.2) is 0 Å². The van der Waals surface area contributed by atoms with Crippen LogP contribution in [0.15, 0.2) is 30.3 Å². The minimum Gasteiger partial charge on any atom is -0.464 e. The van der Waals surface area contributed by atoms with Gasteiger partial charge in [-0.25, -0.2) is 4.79 Å². The number of carbonyl (C=O) groups excluding carboxylic acids is 1. The zero-order valence-electron chi connectivity index (χ0n) is 15.0. The van der Waals surface area contributed by atoms with E-state index < -0.39 is 6.04 Å². The van der Waals surface area contributed by atoms with E-state index in [0.717, 1.165) is 23.5 Å². The fourth-order valence-electron chi connectivity index (χ4n) is 2.75. The Balaban J connectivity index is 2.16. The van der Waals surface area contributed by atoms with Crippen molar-refractivity contribution in [2.75, 3.05) is 11.9 Å². The van der Waals surface area contributed by atoms with E-state index in [1.54, 1.807) is 11.6 Å². The zero-order valence-corrected chi connectivity index (χ0v) is 15.0. The van der Waals surface area contributed by atoms with Crippen LogP contribution in [0.3, 0.4) is 0 Å². The Hall–Kier alpha value is -2.81. The van der Waals surface area contributed by atoms with Crippen LogP contribution in [0.2, 0.25) is 0 Å². The molecule has 6 heteroatoms. The first-order valence-corrected chi connectivity index (χ1v) is 8.44. The smallest absolute Gasteiger partial charge is 0.328 e. The van der Waals surface area contributed by atoms with E-state index in [1.807, 2.05) is 44.2 Å². The molecule has 1 atom stereocenters. The quantitative estimate of drug-likeness (QED) is 0.747. The number of aromatic nitrogens is 2. The van der Waals surface area contributed by atoms with Gasteiger partial charge in [-0.05, 0) is 39.2 Å². The minimum atomic E-state index is -0.461. The lowest BCUT2D eigenvalue weighted by Crippen LogP contribution is -2.32. The molecule has 1 unspecified atom stereocenters. The summed E-state index contributed by atoms with van der Waals surface area (Å²) in [6, 6.07) is 11.7. The largest absolute Gasteiger partial charge is 0.464 e. The van der Waals surface area contributed by atoms with E-state index in [9.17, 15) is 4.79 Å². The molecule has 132 valence electrons. The van der Waals surface area contributed by atoms with Gasteiger partial charge in [-0.2, -0.15) is 10.4 Å². The van der Waals surface area contributed by atoms with Crippen LogP contribution in [0.1, 0.15) is 30.3 Å². The van der Waals surface area contributed by atoms with Crippen LogP contribution in [0.25, 0.3) is 0 Å². The van der Waals surface area contributed by atoms with E-state index >= 15 is 0 Å². The predicted molar refractivity (Wildman–Crippen MR) is 96.1 cm³/mol. The number of nitrogens with one attached hydrogen (secondary N) is 1. The molecule has 6 nitrogen and oxygen atoms in total. The van der Waals surface area contributed by atoms with Crippen molar-refractivity contribution in [3.05, 3.63) is 47.3 Å². The molecule has 2 aromatic rings. The second-order valence-electron chi connectivity index (χ2n) is 5.83. The third-order valence-corrected chi connectivity index (χ3v) is 4.06. The molecule has 0 aliphatic heterocycles. The molecule has 2 rings (SSSR count). The van der Waals surface area contributed by atoms with Crippen LogP contribution in [0.5, 0.6) is 0 Å². The van der Waals surface area contributed by atoms with E-state index in [1.165, 1.54) is 5.56 Å². The maximum Gasteiger partial charge on any atom is 0.328 e. The minimum absolute atomic E-state index is 0.183. The number of esters is 1. The van der Waals surface area contributed by atoms with Gasteiger partial charge >= 0.3 is 5.97 Å². The summed E-state index contributed by atoms with van der Waals surface area (Å²) in [6.45, 7) is 6.08. The highest BCUT2D eigenvalue weighted by Crippen LogP contribution is 2.22. The van der Waals surface area contributed by atoms with Gasteiger partial charge < -0.3 is 10.1 Å². The molecule has 0 amide bonds. The topological polar surface area (TPSA) is 79.9 Å². The van der Waals surface area contributed by atoms with Crippen molar-refractivity contribution >= 4 is 11.7 Å². The Morgan fingerprint density at radius 3 is 2.72 bits per heavy atom. The standard InChI is InChI=1S/C19H24N4O2/c1-4-25-19(24)17(11-10-16-8-6-5-7-9-16)21-18-14(2)22-23(13-12-20)15(18)3/h5-9,17,21H,4,10-11,13H2,1-3H3. The molecule has 0 fully saturated rings. The molecule has 0 saturated carbocycles. The number of nitriles is 1. The van der Waals surface area contributed by atoms with Gasteiger partial charge in [0.25, 0.3) is 0 Å². The first kappa shape index (κ1) is 18.5. The second-order valence-corrected chi connectivity index (χ2v) is 5.83. The normalized spacial score (nSPS) is 11.6. The SMILES string of the molecule is CCOC(=O)C(CCc1ccccc1)Nc1c(C)nn(CC#N)c1C. The molecule has 1 N–H and O–H groups in total. The highest BCUT2D eigenvalue weighted by atomic mass is 16.5. The Labute approximate surface area is 148 Å². The number of carbonyl (C=O) groups is 1. The molecule has 1 aromatic heterocycles. The molecule has 0 saturated heterocycles. The molecular weight excluding hydrogens is 316 g/mol. The first-order valence-electron chi connectivity index (χ1n) is 8.44. The number of hydrogen-bond acceptors (Lipinski definition) is 5. The van der Waals surface area contributed by atoms with Gasteiger partial charge in [0.05, 0.1) is 29.8 Å². The number of rotatable bonds is 8. The molecule has 0 spiro atoms. The van der Waals surface area contributed by atoms with Crippen molar-refractivity contribution in [2.45, 2.75) is 46.2 Å². The van der Waals surface area contributed by atoms with Crippen LogP contribution in [0.4, 0.5) is 5.69 Å². The fraction of sp³-hybridized carbons (Fsp3) is 0.421. The van der Waals surface area contributed by atoms with Gasteiger partial charge in [0, 0.05) is 0 Å². The molecule has 25 heavy (non-hydrogen) atoms. The lowest BCUT2D eigenvalue weighted by Gasteiger charge is -2.19. The average Bonchev–Trinajstić information content (AvgIpc) is 2.87. The number of aryl methyl sites for hydroxylation is 2. The molecule has 0 bridgehead atoms. The summed E-state index contributed by atoms with van der Waals surface area (Å²) in [6.07, 6.45) is 1.38. The van der Waals surface area contributed by atoms with Gasteiger partial charge in [-0.1, -0.05) is 30.3 Å². The summed E-state index contributed by atoms with van der Waals surface area (Å²) >= 11 is 0. The van der Waals surface area contributed by atoms with E-state index in [-0.39, 0.29) is 12.5 Å². The van der Waals surface area contributed by atoms with Crippen LogP contribution >= 0.6 is 0 Å². The van der Waals surface area contributed by atoms with Crippen LogP contribution < -0.4 is 5.32 Å². The summed E-state index contributed by atoms with van der Waals surface area (Å²) in [5.41, 5.74) is 3.57. The summed E-state index contributed by atoms with van der Waals surface area (Å²) in [5, 5.41) is 16.5. The molecule has 1 heterocycles. The van der Waals surface area contributed by atoms with Gasteiger partial charge in [-0.3, -0.25) is 4.68 Å².